The van der Waals surface area contributed by atoms with Crippen LogP contribution in [0.15, 0.2) is 30.3 Å². The van der Waals surface area contributed by atoms with Crippen molar-refractivity contribution >= 4 is 5.91 Å². The molecule has 1 aliphatic carbocycles. The number of carbonyl (C=O) groups excluding carboxylic acids is 1. The van der Waals surface area contributed by atoms with Gasteiger partial charge in [-0.25, -0.2) is 0 Å². The summed E-state index contributed by atoms with van der Waals surface area (Å²) in [5, 5.41) is 3.09. The zero-order valence-electron chi connectivity index (χ0n) is 11.2. The van der Waals surface area contributed by atoms with Crippen LogP contribution in [-0.2, 0) is 4.79 Å². The van der Waals surface area contributed by atoms with E-state index in [0.717, 1.165) is 19.4 Å². The lowest BCUT2D eigenvalue weighted by Gasteiger charge is -2.20. The molecule has 19 heavy (non-hydrogen) atoms. The summed E-state index contributed by atoms with van der Waals surface area (Å²) in [6, 6.07) is 10.5. The lowest BCUT2D eigenvalue weighted by atomic mass is 9.87. The Balaban J connectivity index is 1.69. The Bertz CT molecular complexity index is 441. The van der Waals surface area contributed by atoms with Crippen molar-refractivity contribution in [1.82, 2.24) is 5.32 Å². The fourth-order valence-corrected chi connectivity index (χ4v) is 3.16. The van der Waals surface area contributed by atoms with Crippen LogP contribution in [-0.4, -0.2) is 18.5 Å². The summed E-state index contributed by atoms with van der Waals surface area (Å²) in [5.74, 6) is 1.20. The number of carbonyl (C=O) groups is 1. The van der Waals surface area contributed by atoms with Crippen LogP contribution in [0, 0.1) is 11.8 Å². The number of benzene rings is 1. The minimum atomic E-state index is 0.0150. The molecule has 0 aromatic heterocycles. The van der Waals surface area contributed by atoms with E-state index in [-0.39, 0.29) is 17.9 Å². The Hall–Kier alpha value is -1.35. The summed E-state index contributed by atoms with van der Waals surface area (Å²) in [7, 11) is 0. The monoisotopic (exact) mass is 258 g/mol. The van der Waals surface area contributed by atoms with Gasteiger partial charge in [0.2, 0.25) is 5.91 Å². The number of nitrogens with one attached hydrogen (secondary N) is 1. The third-order valence-corrected chi connectivity index (χ3v) is 4.59. The lowest BCUT2D eigenvalue weighted by molar-refractivity contribution is -0.125. The Morgan fingerprint density at radius 2 is 1.84 bits per heavy atom. The van der Waals surface area contributed by atoms with Crippen LogP contribution in [0.25, 0.3) is 0 Å². The van der Waals surface area contributed by atoms with E-state index in [2.05, 4.69) is 29.6 Å². The van der Waals surface area contributed by atoms with Crippen LogP contribution in [0.1, 0.15) is 37.2 Å². The van der Waals surface area contributed by atoms with E-state index < -0.39 is 0 Å². The molecule has 0 radical (unpaired) electrons. The predicted molar refractivity (Wildman–Crippen MR) is 75.6 cm³/mol. The Kier molecular flexibility index (Phi) is 3.56. The molecule has 3 nitrogen and oxygen atoms in total. The first-order valence-electron chi connectivity index (χ1n) is 7.34. The molecule has 3 heteroatoms. The molecule has 1 saturated carbocycles. The first kappa shape index (κ1) is 12.7. The molecule has 1 aromatic rings. The third-order valence-electron chi connectivity index (χ3n) is 4.59. The maximum Gasteiger partial charge on any atom is 0.224 e. The van der Waals surface area contributed by atoms with Crippen molar-refractivity contribution in [1.29, 1.82) is 0 Å². The molecule has 1 aliphatic heterocycles. The van der Waals surface area contributed by atoms with Crippen molar-refractivity contribution in [3.63, 3.8) is 0 Å². The van der Waals surface area contributed by atoms with Crippen molar-refractivity contribution < 1.29 is 4.79 Å². The molecule has 3 atom stereocenters. The number of rotatable bonds is 3. The molecule has 0 bridgehead atoms. The number of hydrogen-bond donors (Lipinski definition) is 2. The summed E-state index contributed by atoms with van der Waals surface area (Å²) in [6.07, 6.45) is 4.37. The third kappa shape index (κ3) is 2.81. The van der Waals surface area contributed by atoms with E-state index in [9.17, 15) is 4.79 Å². The number of nitrogens with two attached hydrogens (primary N) is 1. The van der Waals surface area contributed by atoms with E-state index in [1.807, 2.05) is 6.07 Å². The molecule has 3 rings (SSSR count). The van der Waals surface area contributed by atoms with E-state index in [4.69, 9.17) is 5.73 Å². The molecule has 2 fully saturated rings. The molecular weight excluding hydrogens is 236 g/mol. The highest BCUT2D eigenvalue weighted by molar-refractivity contribution is 5.79. The molecule has 1 amide bonds. The molecular formula is C16H22N2O. The Labute approximate surface area is 114 Å². The second-order valence-corrected chi connectivity index (χ2v) is 5.95. The zero-order valence-corrected chi connectivity index (χ0v) is 11.2. The summed E-state index contributed by atoms with van der Waals surface area (Å²) in [4.78, 5) is 12.2. The zero-order chi connectivity index (χ0) is 13.2. The van der Waals surface area contributed by atoms with Crippen LogP contribution in [0.2, 0.25) is 0 Å². The van der Waals surface area contributed by atoms with Gasteiger partial charge in [0.25, 0.3) is 0 Å². The number of amides is 1. The van der Waals surface area contributed by atoms with Crippen molar-refractivity contribution in [2.75, 3.05) is 6.54 Å². The van der Waals surface area contributed by atoms with Gasteiger partial charge >= 0.3 is 0 Å². The highest BCUT2D eigenvalue weighted by Crippen LogP contribution is 2.37. The predicted octanol–water partition coefficient (Wildman–Crippen LogP) is 2.03. The highest BCUT2D eigenvalue weighted by Gasteiger charge is 2.38. The normalized spacial score (nSPS) is 29.4. The fraction of sp³-hybridized carbons (Fsp3) is 0.562. The van der Waals surface area contributed by atoms with Crippen molar-refractivity contribution in [2.24, 2.45) is 17.6 Å². The van der Waals surface area contributed by atoms with Crippen LogP contribution < -0.4 is 11.1 Å². The van der Waals surface area contributed by atoms with Crippen LogP contribution in [0.3, 0.4) is 0 Å². The smallest absolute Gasteiger partial charge is 0.224 e. The van der Waals surface area contributed by atoms with E-state index in [0.29, 0.717) is 11.8 Å². The highest BCUT2D eigenvalue weighted by atomic mass is 16.1. The van der Waals surface area contributed by atoms with E-state index >= 15 is 0 Å². The van der Waals surface area contributed by atoms with Gasteiger partial charge in [-0.1, -0.05) is 30.3 Å². The average molecular weight is 258 g/mol. The summed E-state index contributed by atoms with van der Waals surface area (Å²) in [5.41, 5.74) is 7.56. The van der Waals surface area contributed by atoms with Gasteiger partial charge in [-0.15, -0.1) is 0 Å². The molecule has 2 aliphatic rings. The first-order valence-corrected chi connectivity index (χ1v) is 7.34. The minimum absolute atomic E-state index is 0.0150. The molecule has 102 valence electrons. The van der Waals surface area contributed by atoms with Crippen molar-refractivity contribution in [3.8, 4) is 0 Å². The summed E-state index contributed by atoms with van der Waals surface area (Å²) >= 11 is 0. The number of hydrogen-bond acceptors (Lipinski definition) is 2. The lowest BCUT2D eigenvalue weighted by Crippen LogP contribution is -2.42. The average Bonchev–Trinajstić information content (AvgIpc) is 3.26. The van der Waals surface area contributed by atoms with E-state index in [1.165, 1.54) is 18.4 Å². The second-order valence-electron chi connectivity index (χ2n) is 5.95. The van der Waals surface area contributed by atoms with Gasteiger partial charge < -0.3 is 11.1 Å². The molecule has 3 N–H and O–H groups in total. The molecule has 1 saturated heterocycles. The van der Waals surface area contributed by atoms with Gasteiger partial charge in [-0.05, 0) is 37.2 Å². The summed E-state index contributed by atoms with van der Waals surface area (Å²) in [6.45, 7) is 0.747. The van der Waals surface area contributed by atoms with Gasteiger partial charge in [0.15, 0.2) is 0 Å². The SMILES string of the molecule is NC(C1CC1)C1CCC(c2ccccc2)CNC1=O. The van der Waals surface area contributed by atoms with Crippen molar-refractivity contribution in [2.45, 2.75) is 37.6 Å². The van der Waals surface area contributed by atoms with Crippen molar-refractivity contribution in [3.05, 3.63) is 35.9 Å². The maximum absolute atomic E-state index is 12.2. The minimum Gasteiger partial charge on any atom is -0.355 e. The molecule has 1 aromatic carbocycles. The molecule has 3 unspecified atom stereocenters. The fourth-order valence-electron chi connectivity index (χ4n) is 3.16. The first-order chi connectivity index (χ1) is 9.25. The van der Waals surface area contributed by atoms with Crippen LogP contribution in [0.5, 0.6) is 0 Å². The quantitative estimate of drug-likeness (QED) is 0.871. The Morgan fingerprint density at radius 3 is 2.53 bits per heavy atom. The van der Waals surface area contributed by atoms with Gasteiger partial charge in [0, 0.05) is 18.5 Å². The van der Waals surface area contributed by atoms with Gasteiger partial charge in [-0.3, -0.25) is 4.79 Å². The molecule has 1 heterocycles. The maximum atomic E-state index is 12.2. The van der Waals surface area contributed by atoms with E-state index in [1.54, 1.807) is 0 Å². The summed E-state index contributed by atoms with van der Waals surface area (Å²) < 4.78 is 0. The Morgan fingerprint density at radius 1 is 1.11 bits per heavy atom. The topological polar surface area (TPSA) is 55.1 Å². The standard InChI is InChI=1S/C16H22N2O/c17-15(12-6-7-12)14-9-8-13(10-18-16(14)19)11-4-2-1-3-5-11/h1-5,12-15H,6-10,17H2,(H,18,19). The van der Waals surface area contributed by atoms with Crippen LogP contribution in [0.4, 0.5) is 0 Å². The van der Waals surface area contributed by atoms with Gasteiger partial charge in [0.05, 0.1) is 5.92 Å². The molecule has 0 spiro atoms. The van der Waals surface area contributed by atoms with Gasteiger partial charge in [0.1, 0.15) is 0 Å². The van der Waals surface area contributed by atoms with Crippen LogP contribution >= 0.6 is 0 Å². The largest absolute Gasteiger partial charge is 0.355 e. The van der Waals surface area contributed by atoms with Gasteiger partial charge in [-0.2, -0.15) is 0 Å². The second kappa shape index (κ2) is 5.33.